The Balaban J connectivity index is 1.98. The molecule has 0 unspecified atom stereocenters. The number of rotatable bonds is 8. The van der Waals surface area contributed by atoms with Crippen LogP contribution in [0.1, 0.15) is 26.3 Å². The average molecular weight is 409 g/mol. The van der Waals surface area contributed by atoms with Crippen LogP contribution in [0.4, 0.5) is 4.39 Å². The molecule has 27 heavy (non-hydrogen) atoms. The molecule has 2 aromatic rings. The SMILES string of the molecule is CC(C=C(Cl)Cl)=CC(C)(C)COCc1ccc(F)c(Oc2ccccc2)c1. The molecule has 0 aliphatic heterocycles. The van der Waals surface area contributed by atoms with Gasteiger partial charge in [0.2, 0.25) is 0 Å². The van der Waals surface area contributed by atoms with Gasteiger partial charge in [0.15, 0.2) is 11.6 Å². The minimum absolute atomic E-state index is 0.180. The van der Waals surface area contributed by atoms with Crippen LogP contribution in [0.15, 0.2) is 70.7 Å². The summed E-state index contributed by atoms with van der Waals surface area (Å²) >= 11 is 11.4. The Kier molecular flexibility index (Phi) is 7.91. The first-order valence-corrected chi connectivity index (χ1v) is 9.32. The first kappa shape index (κ1) is 21.5. The Morgan fingerprint density at radius 1 is 1.11 bits per heavy atom. The highest BCUT2D eigenvalue weighted by Gasteiger charge is 2.15. The molecule has 0 N–H and O–H groups in total. The molecule has 0 spiro atoms. The van der Waals surface area contributed by atoms with Crippen molar-refractivity contribution in [2.45, 2.75) is 27.4 Å². The van der Waals surface area contributed by atoms with Gasteiger partial charge in [0.1, 0.15) is 10.2 Å². The molecule has 0 amide bonds. The summed E-state index contributed by atoms with van der Waals surface area (Å²) in [5.41, 5.74) is 1.60. The van der Waals surface area contributed by atoms with Crippen molar-refractivity contribution >= 4 is 23.2 Å². The lowest BCUT2D eigenvalue weighted by Crippen LogP contribution is -2.17. The molecule has 0 heterocycles. The second kappa shape index (κ2) is 9.93. The molecule has 144 valence electrons. The van der Waals surface area contributed by atoms with Gasteiger partial charge in [-0.15, -0.1) is 0 Å². The van der Waals surface area contributed by atoms with Gasteiger partial charge >= 0.3 is 0 Å². The van der Waals surface area contributed by atoms with Gasteiger partial charge in [0, 0.05) is 5.41 Å². The van der Waals surface area contributed by atoms with Crippen LogP contribution in [0.2, 0.25) is 0 Å². The van der Waals surface area contributed by atoms with Crippen molar-refractivity contribution in [2.24, 2.45) is 5.41 Å². The van der Waals surface area contributed by atoms with Crippen LogP contribution in [0, 0.1) is 11.2 Å². The van der Waals surface area contributed by atoms with Crippen LogP contribution in [-0.2, 0) is 11.3 Å². The number of hydrogen-bond donors (Lipinski definition) is 0. The normalized spacial score (nSPS) is 12.0. The molecule has 2 nitrogen and oxygen atoms in total. The van der Waals surface area contributed by atoms with E-state index in [-0.39, 0.29) is 15.7 Å². The van der Waals surface area contributed by atoms with Gasteiger partial charge in [-0.1, -0.05) is 73.0 Å². The summed E-state index contributed by atoms with van der Waals surface area (Å²) in [5, 5.41) is 0. The van der Waals surface area contributed by atoms with Crippen molar-refractivity contribution in [1.82, 2.24) is 0 Å². The van der Waals surface area contributed by atoms with Crippen LogP contribution in [0.3, 0.4) is 0 Å². The second-order valence-electron chi connectivity index (χ2n) is 6.98. The van der Waals surface area contributed by atoms with Crippen LogP contribution < -0.4 is 4.74 Å². The van der Waals surface area contributed by atoms with Gasteiger partial charge < -0.3 is 9.47 Å². The smallest absolute Gasteiger partial charge is 0.165 e. The van der Waals surface area contributed by atoms with Crippen LogP contribution in [0.25, 0.3) is 0 Å². The lowest BCUT2D eigenvalue weighted by atomic mass is 9.92. The van der Waals surface area contributed by atoms with E-state index in [1.807, 2.05) is 31.2 Å². The second-order valence-corrected chi connectivity index (χ2v) is 7.99. The first-order valence-electron chi connectivity index (χ1n) is 8.56. The van der Waals surface area contributed by atoms with E-state index in [4.69, 9.17) is 32.7 Å². The minimum atomic E-state index is -0.411. The molecule has 0 atom stereocenters. The summed E-state index contributed by atoms with van der Waals surface area (Å²) in [6.07, 6.45) is 3.74. The molecule has 0 aromatic heterocycles. The highest BCUT2D eigenvalue weighted by molar-refractivity contribution is 6.56. The Morgan fingerprint density at radius 2 is 1.81 bits per heavy atom. The third kappa shape index (κ3) is 7.76. The van der Waals surface area contributed by atoms with Gasteiger partial charge in [0.25, 0.3) is 0 Å². The van der Waals surface area contributed by atoms with Crippen molar-refractivity contribution in [3.63, 3.8) is 0 Å². The summed E-state index contributed by atoms with van der Waals surface area (Å²) in [7, 11) is 0. The van der Waals surface area contributed by atoms with E-state index in [0.29, 0.717) is 19.0 Å². The van der Waals surface area contributed by atoms with Crippen LogP contribution in [-0.4, -0.2) is 6.61 Å². The van der Waals surface area contributed by atoms with Crippen molar-refractivity contribution < 1.29 is 13.9 Å². The molecular weight excluding hydrogens is 386 g/mol. The molecule has 2 rings (SSSR count). The van der Waals surface area contributed by atoms with Gasteiger partial charge in [-0.3, -0.25) is 0 Å². The standard InChI is InChI=1S/C22H23Cl2FO2/c1-16(11-21(23)24)13-22(2,3)15-26-14-17-9-10-19(25)20(12-17)27-18-7-5-4-6-8-18/h4-13H,14-15H2,1-3H3. The fourth-order valence-electron chi connectivity index (χ4n) is 2.63. The largest absolute Gasteiger partial charge is 0.454 e. The lowest BCUT2D eigenvalue weighted by molar-refractivity contribution is 0.0713. The van der Waals surface area contributed by atoms with Gasteiger partial charge in [-0.25, -0.2) is 4.39 Å². The van der Waals surface area contributed by atoms with Crippen LogP contribution in [0.5, 0.6) is 11.5 Å². The fourth-order valence-corrected chi connectivity index (χ4v) is 2.98. The van der Waals surface area contributed by atoms with E-state index in [2.05, 4.69) is 13.8 Å². The topological polar surface area (TPSA) is 18.5 Å². The maximum absolute atomic E-state index is 14.0. The van der Waals surface area contributed by atoms with E-state index in [1.54, 1.807) is 30.3 Å². The summed E-state index contributed by atoms with van der Waals surface area (Å²) < 4.78 is 25.7. The zero-order chi connectivity index (χ0) is 19.9. The number of hydrogen-bond acceptors (Lipinski definition) is 2. The minimum Gasteiger partial charge on any atom is -0.454 e. The average Bonchev–Trinajstić information content (AvgIpc) is 2.57. The monoisotopic (exact) mass is 408 g/mol. The van der Waals surface area contributed by atoms with E-state index in [0.717, 1.165) is 11.1 Å². The van der Waals surface area contributed by atoms with E-state index in [9.17, 15) is 4.39 Å². The van der Waals surface area contributed by atoms with Crippen molar-refractivity contribution in [1.29, 1.82) is 0 Å². The van der Waals surface area contributed by atoms with E-state index >= 15 is 0 Å². The van der Waals surface area contributed by atoms with Gasteiger partial charge in [-0.2, -0.15) is 0 Å². The van der Waals surface area contributed by atoms with E-state index < -0.39 is 5.82 Å². The summed E-state index contributed by atoms with van der Waals surface area (Å²) in [6.45, 7) is 6.89. The number of benzene rings is 2. The maximum Gasteiger partial charge on any atom is 0.165 e. The van der Waals surface area contributed by atoms with Crippen LogP contribution >= 0.6 is 23.2 Å². The summed E-state index contributed by atoms with van der Waals surface area (Å²) in [4.78, 5) is 0. The molecule has 0 aliphatic carbocycles. The molecule has 0 aliphatic rings. The molecule has 0 bridgehead atoms. The molecule has 2 aromatic carbocycles. The Labute approximate surface area is 170 Å². The predicted octanol–water partition coefficient (Wildman–Crippen LogP) is 7.43. The molecule has 5 heteroatoms. The molecule has 0 radical (unpaired) electrons. The fraction of sp³-hybridized carbons (Fsp3) is 0.273. The maximum atomic E-state index is 14.0. The Hall–Kier alpha value is -1.81. The molecular formula is C22H23Cl2FO2. The highest BCUT2D eigenvalue weighted by Crippen LogP contribution is 2.27. The predicted molar refractivity (Wildman–Crippen MR) is 110 cm³/mol. The van der Waals surface area contributed by atoms with Crippen molar-refractivity contribution in [3.05, 3.63) is 82.1 Å². The highest BCUT2D eigenvalue weighted by atomic mass is 35.5. The zero-order valence-corrected chi connectivity index (χ0v) is 17.1. The summed E-state index contributed by atoms with van der Waals surface area (Å²) in [5.74, 6) is 0.354. The molecule has 0 fully saturated rings. The lowest BCUT2D eigenvalue weighted by Gasteiger charge is -2.21. The number of allylic oxidation sites excluding steroid dienone is 2. The quantitative estimate of drug-likeness (QED) is 0.422. The number of halogens is 3. The van der Waals surface area contributed by atoms with Gasteiger partial charge in [0.05, 0.1) is 13.2 Å². The molecule has 0 saturated heterocycles. The number of ether oxygens (including phenoxy) is 2. The van der Waals surface area contributed by atoms with E-state index in [1.165, 1.54) is 6.07 Å². The van der Waals surface area contributed by atoms with Crippen molar-refractivity contribution in [2.75, 3.05) is 6.61 Å². The third-order valence-corrected chi connectivity index (χ3v) is 3.88. The zero-order valence-electron chi connectivity index (χ0n) is 15.6. The third-order valence-electron chi connectivity index (χ3n) is 3.66. The molecule has 0 saturated carbocycles. The van der Waals surface area contributed by atoms with Gasteiger partial charge in [-0.05, 0) is 42.8 Å². The Bertz CT molecular complexity index is 810. The first-order chi connectivity index (χ1) is 12.7. The van der Waals surface area contributed by atoms with Crippen molar-refractivity contribution in [3.8, 4) is 11.5 Å². The number of para-hydroxylation sites is 1. The summed E-state index contributed by atoms with van der Waals surface area (Å²) in [6, 6.07) is 13.9. The Morgan fingerprint density at radius 3 is 2.48 bits per heavy atom.